The summed E-state index contributed by atoms with van der Waals surface area (Å²) in [5, 5.41) is 0. The average molecular weight is 196 g/mol. The Morgan fingerprint density at radius 3 is 2.29 bits per heavy atom. The Morgan fingerprint density at radius 1 is 1.43 bits per heavy atom. The van der Waals surface area contributed by atoms with Crippen molar-refractivity contribution in [1.29, 1.82) is 0 Å². The Morgan fingerprint density at radius 2 is 1.93 bits per heavy atom. The first-order valence-electron chi connectivity index (χ1n) is 4.93. The molecule has 0 aliphatic heterocycles. The SMILES string of the molecule is C=CCN(CC=C)C(=O)C(N)CCC. The topological polar surface area (TPSA) is 46.3 Å². The smallest absolute Gasteiger partial charge is 0.240 e. The number of hydrogen-bond acceptors (Lipinski definition) is 2. The van der Waals surface area contributed by atoms with Crippen LogP contribution in [0, 0.1) is 0 Å². The van der Waals surface area contributed by atoms with E-state index < -0.39 is 0 Å². The third kappa shape index (κ3) is 4.23. The molecule has 14 heavy (non-hydrogen) atoms. The average Bonchev–Trinajstić information content (AvgIpc) is 2.17. The molecule has 0 rings (SSSR count). The summed E-state index contributed by atoms with van der Waals surface area (Å²) in [6, 6.07) is -0.389. The lowest BCUT2D eigenvalue weighted by Gasteiger charge is -2.22. The van der Waals surface area contributed by atoms with Crippen molar-refractivity contribution in [2.75, 3.05) is 13.1 Å². The molecule has 0 spiro atoms. The van der Waals surface area contributed by atoms with Crippen LogP contribution in [-0.4, -0.2) is 29.9 Å². The number of nitrogens with zero attached hydrogens (tertiary/aromatic N) is 1. The van der Waals surface area contributed by atoms with Gasteiger partial charge in [-0.05, 0) is 6.42 Å². The molecule has 0 aromatic carbocycles. The zero-order valence-electron chi connectivity index (χ0n) is 8.91. The van der Waals surface area contributed by atoms with Crippen molar-refractivity contribution in [1.82, 2.24) is 4.90 Å². The van der Waals surface area contributed by atoms with Gasteiger partial charge in [0.1, 0.15) is 0 Å². The first kappa shape index (κ1) is 12.9. The second-order valence-electron chi connectivity index (χ2n) is 3.22. The number of hydrogen-bond donors (Lipinski definition) is 1. The van der Waals surface area contributed by atoms with Crippen molar-refractivity contribution in [3.05, 3.63) is 25.3 Å². The third-order valence-electron chi connectivity index (χ3n) is 1.93. The largest absolute Gasteiger partial charge is 0.334 e. The van der Waals surface area contributed by atoms with Gasteiger partial charge in [-0.25, -0.2) is 0 Å². The maximum Gasteiger partial charge on any atom is 0.240 e. The molecule has 0 bridgehead atoms. The Labute approximate surface area is 86.3 Å². The molecular weight excluding hydrogens is 176 g/mol. The van der Waals surface area contributed by atoms with Crippen LogP contribution in [-0.2, 0) is 4.79 Å². The number of carbonyl (C=O) groups is 1. The normalized spacial score (nSPS) is 11.9. The van der Waals surface area contributed by atoms with Gasteiger partial charge < -0.3 is 10.6 Å². The van der Waals surface area contributed by atoms with Crippen LogP contribution in [0.5, 0.6) is 0 Å². The molecule has 3 heteroatoms. The summed E-state index contributed by atoms with van der Waals surface area (Å²) in [6.07, 6.45) is 5.03. The lowest BCUT2D eigenvalue weighted by atomic mass is 10.1. The highest BCUT2D eigenvalue weighted by Gasteiger charge is 2.17. The number of rotatable bonds is 7. The molecule has 0 saturated carbocycles. The standard InChI is InChI=1S/C11H20N2O/c1-4-7-10(12)11(14)13(8-5-2)9-6-3/h5-6,10H,2-4,7-9,12H2,1H3. The van der Waals surface area contributed by atoms with Crippen LogP contribution in [0.2, 0.25) is 0 Å². The minimum atomic E-state index is -0.389. The fraction of sp³-hybridized carbons (Fsp3) is 0.545. The Balaban J connectivity index is 4.25. The molecule has 3 nitrogen and oxygen atoms in total. The fourth-order valence-corrected chi connectivity index (χ4v) is 1.24. The molecule has 0 aromatic rings. The van der Waals surface area contributed by atoms with Crippen LogP contribution in [0.1, 0.15) is 19.8 Å². The van der Waals surface area contributed by atoms with Crippen molar-refractivity contribution < 1.29 is 4.79 Å². The van der Waals surface area contributed by atoms with Crippen LogP contribution >= 0.6 is 0 Å². The van der Waals surface area contributed by atoms with Gasteiger partial charge in [0.05, 0.1) is 6.04 Å². The van der Waals surface area contributed by atoms with Crippen molar-refractivity contribution in [2.45, 2.75) is 25.8 Å². The fourth-order valence-electron chi connectivity index (χ4n) is 1.24. The van der Waals surface area contributed by atoms with Gasteiger partial charge in [0.2, 0.25) is 5.91 Å². The highest BCUT2D eigenvalue weighted by molar-refractivity contribution is 5.81. The van der Waals surface area contributed by atoms with Gasteiger partial charge >= 0.3 is 0 Å². The van der Waals surface area contributed by atoms with E-state index in [1.165, 1.54) is 0 Å². The summed E-state index contributed by atoms with van der Waals surface area (Å²) in [7, 11) is 0. The van der Waals surface area contributed by atoms with Crippen LogP contribution in [0.15, 0.2) is 25.3 Å². The van der Waals surface area contributed by atoms with E-state index in [4.69, 9.17) is 5.73 Å². The van der Waals surface area contributed by atoms with E-state index in [1.54, 1.807) is 17.1 Å². The molecule has 0 aromatic heterocycles. The molecule has 0 saturated heterocycles. The van der Waals surface area contributed by atoms with E-state index in [-0.39, 0.29) is 11.9 Å². The second kappa shape index (κ2) is 7.33. The molecule has 0 fully saturated rings. The third-order valence-corrected chi connectivity index (χ3v) is 1.93. The molecule has 0 aliphatic rings. The zero-order chi connectivity index (χ0) is 11.0. The van der Waals surface area contributed by atoms with Crippen molar-refractivity contribution in [3.8, 4) is 0 Å². The number of nitrogens with two attached hydrogens (primary N) is 1. The number of carbonyl (C=O) groups excluding carboxylic acids is 1. The molecule has 1 atom stereocenters. The zero-order valence-corrected chi connectivity index (χ0v) is 8.91. The van der Waals surface area contributed by atoms with E-state index in [0.29, 0.717) is 13.1 Å². The molecule has 0 radical (unpaired) electrons. The van der Waals surface area contributed by atoms with Crippen molar-refractivity contribution in [2.24, 2.45) is 5.73 Å². The summed E-state index contributed by atoms with van der Waals surface area (Å²) in [6.45, 7) is 10.3. The lowest BCUT2D eigenvalue weighted by Crippen LogP contribution is -2.43. The number of amides is 1. The van der Waals surface area contributed by atoms with Crippen LogP contribution in [0.25, 0.3) is 0 Å². The van der Waals surface area contributed by atoms with Gasteiger partial charge in [0.25, 0.3) is 0 Å². The molecule has 0 aliphatic carbocycles. The maximum atomic E-state index is 11.7. The summed E-state index contributed by atoms with van der Waals surface area (Å²) in [5.41, 5.74) is 5.73. The molecular formula is C11H20N2O. The van der Waals surface area contributed by atoms with Crippen LogP contribution in [0.4, 0.5) is 0 Å². The molecule has 80 valence electrons. The first-order valence-corrected chi connectivity index (χ1v) is 4.93. The minimum Gasteiger partial charge on any atom is -0.334 e. The summed E-state index contributed by atoms with van der Waals surface area (Å²) >= 11 is 0. The second-order valence-corrected chi connectivity index (χ2v) is 3.22. The van der Waals surface area contributed by atoms with Gasteiger partial charge in [-0.3, -0.25) is 4.79 Å². The van der Waals surface area contributed by atoms with E-state index in [0.717, 1.165) is 12.8 Å². The van der Waals surface area contributed by atoms with E-state index in [9.17, 15) is 4.79 Å². The molecule has 0 heterocycles. The highest BCUT2D eigenvalue weighted by atomic mass is 16.2. The molecule has 1 amide bonds. The maximum absolute atomic E-state index is 11.7. The Hall–Kier alpha value is -1.09. The van der Waals surface area contributed by atoms with Crippen molar-refractivity contribution >= 4 is 5.91 Å². The van der Waals surface area contributed by atoms with Gasteiger partial charge in [-0.15, -0.1) is 13.2 Å². The Bertz CT molecular complexity index is 191. The van der Waals surface area contributed by atoms with Gasteiger partial charge in [-0.1, -0.05) is 25.5 Å². The quantitative estimate of drug-likeness (QED) is 0.624. The van der Waals surface area contributed by atoms with Crippen LogP contribution < -0.4 is 5.73 Å². The van der Waals surface area contributed by atoms with Crippen LogP contribution in [0.3, 0.4) is 0 Å². The van der Waals surface area contributed by atoms with E-state index in [2.05, 4.69) is 13.2 Å². The molecule has 2 N–H and O–H groups in total. The van der Waals surface area contributed by atoms with Gasteiger partial charge in [0, 0.05) is 13.1 Å². The van der Waals surface area contributed by atoms with Gasteiger partial charge in [0.15, 0.2) is 0 Å². The predicted molar refractivity (Wildman–Crippen MR) is 59.9 cm³/mol. The lowest BCUT2D eigenvalue weighted by molar-refractivity contribution is -0.131. The monoisotopic (exact) mass is 196 g/mol. The highest BCUT2D eigenvalue weighted by Crippen LogP contribution is 2.00. The predicted octanol–water partition coefficient (Wildman–Crippen LogP) is 1.31. The molecule has 1 unspecified atom stereocenters. The summed E-state index contributed by atoms with van der Waals surface area (Å²) < 4.78 is 0. The van der Waals surface area contributed by atoms with E-state index >= 15 is 0 Å². The van der Waals surface area contributed by atoms with E-state index in [1.807, 2.05) is 6.92 Å². The first-order chi connectivity index (χ1) is 6.67. The minimum absolute atomic E-state index is 0.0216. The van der Waals surface area contributed by atoms with Gasteiger partial charge in [-0.2, -0.15) is 0 Å². The Kier molecular flexibility index (Phi) is 6.76. The van der Waals surface area contributed by atoms with Crippen molar-refractivity contribution in [3.63, 3.8) is 0 Å². The summed E-state index contributed by atoms with van der Waals surface area (Å²) in [5.74, 6) is -0.0216. The summed E-state index contributed by atoms with van der Waals surface area (Å²) in [4.78, 5) is 13.4.